The van der Waals surface area contributed by atoms with Crippen LogP contribution in [0, 0.1) is 5.92 Å². The highest BCUT2D eigenvalue weighted by molar-refractivity contribution is 7.89. The quantitative estimate of drug-likeness (QED) is 0.815. The van der Waals surface area contributed by atoms with Crippen LogP contribution in [-0.2, 0) is 16.4 Å². The van der Waals surface area contributed by atoms with Gasteiger partial charge in [-0.15, -0.1) is 0 Å². The number of sulfonamides is 1. The van der Waals surface area contributed by atoms with Crippen molar-refractivity contribution in [3.8, 4) is 5.75 Å². The van der Waals surface area contributed by atoms with E-state index in [0.717, 1.165) is 6.42 Å². The molecule has 2 rings (SSSR count). The van der Waals surface area contributed by atoms with E-state index in [-0.39, 0.29) is 24.0 Å². The number of aliphatic hydroxyl groups is 1. The predicted octanol–water partition coefficient (Wildman–Crippen LogP) is 0.917. The van der Waals surface area contributed by atoms with E-state index in [1.165, 1.54) is 13.2 Å². The van der Waals surface area contributed by atoms with Crippen LogP contribution in [-0.4, -0.2) is 33.3 Å². The second-order valence-corrected chi connectivity index (χ2v) is 6.57. The first-order valence-corrected chi connectivity index (χ1v) is 7.76. The third kappa shape index (κ3) is 3.26. The first kappa shape index (κ1) is 14.3. The van der Waals surface area contributed by atoms with Gasteiger partial charge in [-0.05, 0) is 42.5 Å². The Morgan fingerprint density at radius 3 is 2.68 bits per heavy atom. The Morgan fingerprint density at radius 2 is 2.16 bits per heavy atom. The Kier molecular flexibility index (Phi) is 4.13. The van der Waals surface area contributed by atoms with Gasteiger partial charge in [0.2, 0.25) is 10.0 Å². The van der Waals surface area contributed by atoms with Crippen LogP contribution >= 0.6 is 0 Å². The molecule has 0 radical (unpaired) electrons. The summed E-state index contributed by atoms with van der Waals surface area (Å²) in [6.07, 6.45) is 1.17. The van der Waals surface area contributed by atoms with Gasteiger partial charge in [-0.3, -0.25) is 0 Å². The lowest BCUT2D eigenvalue weighted by atomic mass is 10.1. The molecule has 19 heavy (non-hydrogen) atoms. The minimum Gasteiger partial charge on any atom is -0.497 e. The van der Waals surface area contributed by atoms with Gasteiger partial charge in [-0.2, -0.15) is 0 Å². The number of benzene rings is 1. The van der Waals surface area contributed by atoms with Crippen molar-refractivity contribution in [2.24, 2.45) is 5.92 Å². The minimum atomic E-state index is -3.52. The maximum atomic E-state index is 12.3. The first-order valence-electron chi connectivity index (χ1n) is 6.28. The highest BCUT2D eigenvalue weighted by Crippen LogP contribution is 2.31. The van der Waals surface area contributed by atoms with Gasteiger partial charge in [-0.25, -0.2) is 13.1 Å². The molecule has 0 bridgehead atoms. The van der Waals surface area contributed by atoms with Crippen molar-refractivity contribution in [2.75, 3.05) is 13.7 Å². The SMILES string of the molecule is COc1ccc(S(=O)(=O)NC2CC2C)c(CCO)c1. The lowest BCUT2D eigenvalue weighted by molar-refractivity contribution is 0.298. The number of hydrogen-bond donors (Lipinski definition) is 2. The fraction of sp³-hybridized carbons (Fsp3) is 0.538. The summed E-state index contributed by atoms with van der Waals surface area (Å²) in [5, 5.41) is 9.05. The molecular formula is C13H19NO4S. The summed E-state index contributed by atoms with van der Waals surface area (Å²) < 4.78 is 32.3. The molecule has 1 saturated carbocycles. The molecule has 106 valence electrons. The average molecular weight is 285 g/mol. The van der Waals surface area contributed by atoms with E-state index in [2.05, 4.69) is 4.72 Å². The molecule has 2 unspecified atom stereocenters. The van der Waals surface area contributed by atoms with Crippen LogP contribution in [0.15, 0.2) is 23.1 Å². The Hall–Kier alpha value is -1.11. The zero-order chi connectivity index (χ0) is 14.0. The summed E-state index contributed by atoms with van der Waals surface area (Å²) in [5.74, 6) is 0.983. The van der Waals surface area contributed by atoms with Crippen LogP contribution in [0.4, 0.5) is 0 Å². The Morgan fingerprint density at radius 1 is 1.47 bits per heavy atom. The summed E-state index contributed by atoms with van der Waals surface area (Å²) >= 11 is 0. The largest absolute Gasteiger partial charge is 0.497 e. The average Bonchev–Trinajstić information content (AvgIpc) is 3.04. The summed E-state index contributed by atoms with van der Waals surface area (Å²) in [6, 6.07) is 4.83. The summed E-state index contributed by atoms with van der Waals surface area (Å²) in [6.45, 7) is 1.91. The van der Waals surface area contributed by atoms with E-state index in [9.17, 15) is 8.42 Å². The van der Waals surface area contributed by atoms with E-state index in [1.54, 1.807) is 12.1 Å². The van der Waals surface area contributed by atoms with Crippen LogP contribution in [0.25, 0.3) is 0 Å². The van der Waals surface area contributed by atoms with Gasteiger partial charge in [0.15, 0.2) is 0 Å². The van der Waals surface area contributed by atoms with Crippen molar-refractivity contribution in [3.63, 3.8) is 0 Å². The van der Waals surface area contributed by atoms with Gasteiger partial charge in [-0.1, -0.05) is 6.92 Å². The Bertz CT molecular complexity index is 556. The van der Waals surface area contributed by atoms with Crippen LogP contribution in [0.3, 0.4) is 0 Å². The summed E-state index contributed by atoms with van der Waals surface area (Å²) in [5.41, 5.74) is 0.572. The van der Waals surface area contributed by atoms with E-state index in [1.807, 2.05) is 6.92 Å². The molecule has 0 heterocycles. The standard InChI is InChI=1S/C13H19NO4S/c1-9-7-12(9)14-19(16,17)13-4-3-11(18-2)8-10(13)5-6-15/h3-4,8-9,12,14-15H,5-7H2,1-2H3. The molecule has 6 heteroatoms. The smallest absolute Gasteiger partial charge is 0.241 e. The van der Waals surface area contributed by atoms with Gasteiger partial charge in [0, 0.05) is 12.6 Å². The topological polar surface area (TPSA) is 75.6 Å². The molecule has 1 aliphatic carbocycles. The normalized spacial score (nSPS) is 22.3. The Labute approximate surface area is 113 Å². The molecule has 0 amide bonds. The molecule has 5 nitrogen and oxygen atoms in total. The van der Waals surface area contributed by atoms with Crippen LogP contribution < -0.4 is 9.46 Å². The molecule has 0 aliphatic heterocycles. The predicted molar refractivity (Wildman–Crippen MR) is 71.7 cm³/mol. The highest BCUT2D eigenvalue weighted by atomic mass is 32.2. The van der Waals surface area contributed by atoms with Crippen molar-refractivity contribution in [1.29, 1.82) is 0 Å². The van der Waals surface area contributed by atoms with Gasteiger partial charge >= 0.3 is 0 Å². The number of methoxy groups -OCH3 is 1. The number of hydrogen-bond acceptors (Lipinski definition) is 4. The van der Waals surface area contributed by atoms with Gasteiger partial charge in [0.1, 0.15) is 5.75 Å². The third-order valence-electron chi connectivity index (χ3n) is 3.35. The molecular weight excluding hydrogens is 266 g/mol. The molecule has 1 aromatic carbocycles. The van der Waals surface area contributed by atoms with Gasteiger partial charge in [0.25, 0.3) is 0 Å². The second kappa shape index (κ2) is 5.48. The molecule has 0 spiro atoms. The minimum absolute atomic E-state index is 0.0362. The van der Waals surface area contributed by atoms with E-state index < -0.39 is 10.0 Å². The van der Waals surface area contributed by atoms with Crippen molar-refractivity contribution in [3.05, 3.63) is 23.8 Å². The number of rotatable bonds is 6. The summed E-state index contributed by atoms with van der Waals surface area (Å²) in [4.78, 5) is 0.224. The first-order chi connectivity index (χ1) is 8.97. The Balaban J connectivity index is 2.31. The molecule has 1 fully saturated rings. The molecule has 2 N–H and O–H groups in total. The zero-order valence-corrected chi connectivity index (χ0v) is 11.9. The van der Waals surface area contributed by atoms with Crippen molar-refractivity contribution in [2.45, 2.75) is 30.7 Å². The lowest BCUT2D eigenvalue weighted by Crippen LogP contribution is -2.27. The van der Waals surface area contributed by atoms with E-state index in [0.29, 0.717) is 17.2 Å². The van der Waals surface area contributed by atoms with Crippen LogP contribution in [0.1, 0.15) is 18.9 Å². The van der Waals surface area contributed by atoms with Crippen LogP contribution in [0.2, 0.25) is 0 Å². The molecule has 0 aromatic heterocycles. The van der Waals surface area contributed by atoms with Crippen molar-refractivity contribution < 1.29 is 18.3 Å². The maximum Gasteiger partial charge on any atom is 0.241 e. The number of nitrogens with one attached hydrogen (secondary N) is 1. The molecule has 2 atom stereocenters. The monoisotopic (exact) mass is 285 g/mol. The summed E-state index contributed by atoms with van der Waals surface area (Å²) in [7, 11) is -2.00. The zero-order valence-electron chi connectivity index (χ0n) is 11.1. The molecule has 1 aliphatic rings. The van der Waals surface area contributed by atoms with Gasteiger partial charge in [0.05, 0.1) is 12.0 Å². The lowest BCUT2D eigenvalue weighted by Gasteiger charge is -2.12. The van der Waals surface area contributed by atoms with Crippen molar-refractivity contribution in [1.82, 2.24) is 4.72 Å². The fourth-order valence-electron chi connectivity index (χ4n) is 2.01. The maximum absolute atomic E-state index is 12.3. The molecule has 1 aromatic rings. The van der Waals surface area contributed by atoms with Crippen LogP contribution in [0.5, 0.6) is 5.75 Å². The van der Waals surface area contributed by atoms with Crippen molar-refractivity contribution >= 4 is 10.0 Å². The second-order valence-electron chi connectivity index (χ2n) is 4.89. The van der Waals surface area contributed by atoms with E-state index >= 15 is 0 Å². The van der Waals surface area contributed by atoms with Gasteiger partial charge < -0.3 is 9.84 Å². The number of ether oxygens (including phenoxy) is 1. The molecule has 0 saturated heterocycles. The fourth-order valence-corrected chi connectivity index (χ4v) is 3.62. The number of aliphatic hydroxyl groups excluding tert-OH is 1. The van der Waals surface area contributed by atoms with E-state index in [4.69, 9.17) is 9.84 Å². The third-order valence-corrected chi connectivity index (χ3v) is 4.94. The highest BCUT2D eigenvalue weighted by Gasteiger charge is 2.36.